The summed E-state index contributed by atoms with van der Waals surface area (Å²) in [7, 11) is 1.16. The Morgan fingerprint density at radius 1 is 1.35 bits per heavy atom. The number of esters is 1. The van der Waals surface area contributed by atoms with Gasteiger partial charge in [-0.05, 0) is 18.2 Å². The first-order valence-corrected chi connectivity index (χ1v) is 6.59. The van der Waals surface area contributed by atoms with Crippen LogP contribution in [0.15, 0.2) is 18.2 Å². The van der Waals surface area contributed by atoms with Gasteiger partial charge < -0.3 is 19.5 Å². The van der Waals surface area contributed by atoms with Gasteiger partial charge in [-0.3, -0.25) is 9.59 Å². The van der Waals surface area contributed by atoms with E-state index in [0.29, 0.717) is 0 Å². The summed E-state index contributed by atoms with van der Waals surface area (Å²) in [5.74, 6) is -2.33. The maximum atomic E-state index is 12.2. The van der Waals surface area contributed by atoms with Gasteiger partial charge in [-0.25, -0.2) is 0 Å². The Bertz CT molecular complexity index is 579. The number of ether oxygens (including phenoxy) is 2. The van der Waals surface area contributed by atoms with Crippen molar-refractivity contribution in [1.82, 2.24) is 0 Å². The standard InChI is InChI=1S/C13H13ClF3NO5/c1-22-12(21)7-18(5-4-11(19)20)8-2-3-10(9(14)6-8)23-13(15,16)17/h2-3,6H,4-5,7H2,1H3,(H,19,20). The van der Waals surface area contributed by atoms with Crippen molar-refractivity contribution in [2.45, 2.75) is 12.8 Å². The molecule has 1 rings (SSSR count). The van der Waals surface area contributed by atoms with Crippen molar-refractivity contribution in [2.75, 3.05) is 25.1 Å². The van der Waals surface area contributed by atoms with Gasteiger partial charge in [0.2, 0.25) is 0 Å². The summed E-state index contributed by atoms with van der Waals surface area (Å²) in [4.78, 5) is 23.3. The number of methoxy groups -OCH3 is 1. The van der Waals surface area contributed by atoms with Crippen LogP contribution in [0.3, 0.4) is 0 Å². The zero-order chi connectivity index (χ0) is 17.6. The summed E-state index contributed by atoms with van der Waals surface area (Å²) in [5.41, 5.74) is 0.260. The van der Waals surface area contributed by atoms with E-state index in [2.05, 4.69) is 9.47 Å². The molecule has 0 aromatic heterocycles. The lowest BCUT2D eigenvalue weighted by molar-refractivity contribution is -0.274. The summed E-state index contributed by atoms with van der Waals surface area (Å²) in [5, 5.41) is 8.38. The number of carboxylic acid groups (broad SMARTS) is 1. The number of benzene rings is 1. The summed E-state index contributed by atoms with van der Waals surface area (Å²) >= 11 is 5.73. The summed E-state index contributed by atoms with van der Waals surface area (Å²) < 4.78 is 44.8. The normalized spacial score (nSPS) is 11.0. The van der Waals surface area contributed by atoms with Crippen molar-refractivity contribution in [3.05, 3.63) is 23.2 Å². The highest BCUT2D eigenvalue weighted by molar-refractivity contribution is 6.32. The van der Waals surface area contributed by atoms with Crippen LogP contribution in [0.4, 0.5) is 18.9 Å². The minimum Gasteiger partial charge on any atom is -0.481 e. The molecule has 0 aliphatic carbocycles. The number of rotatable bonds is 7. The Labute approximate surface area is 134 Å². The van der Waals surface area contributed by atoms with Crippen molar-refractivity contribution in [3.8, 4) is 5.75 Å². The van der Waals surface area contributed by atoms with Gasteiger partial charge in [-0.15, -0.1) is 13.2 Å². The highest BCUT2D eigenvalue weighted by Crippen LogP contribution is 2.33. The van der Waals surface area contributed by atoms with Crippen molar-refractivity contribution in [2.24, 2.45) is 0 Å². The minimum absolute atomic E-state index is 0.0553. The van der Waals surface area contributed by atoms with Gasteiger partial charge >= 0.3 is 18.3 Å². The largest absolute Gasteiger partial charge is 0.573 e. The Hall–Kier alpha value is -2.16. The average molecular weight is 356 g/mol. The molecule has 128 valence electrons. The number of nitrogens with zero attached hydrogens (tertiary/aromatic N) is 1. The molecule has 0 spiro atoms. The highest BCUT2D eigenvalue weighted by Gasteiger charge is 2.32. The van der Waals surface area contributed by atoms with E-state index in [4.69, 9.17) is 16.7 Å². The quantitative estimate of drug-likeness (QED) is 0.758. The summed E-state index contributed by atoms with van der Waals surface area (Å²) in [6, 6.07) is 3.36. The monoisotopic (exact) mass is 355 g/mol. The molecular weight excluding hydrogens is 343 g/mol. The number of carbonyl (C=O) groups is 2. The highest BCUT2D eigenvalue weighted by atomic mass is 35.5. The van der Waals surface area contributed by atoms with Crippen LogP contribution >= 0.6 is 11.6 Å². The Kier molecular flexibility index (Phi) is 6.49. The van der Waals surface area contributed by atoms with Crippen LogP contribution in [0.25, 0.3) is 0 Å². The molecule has 0 heterocycles. The zero-order valence-electron chi connectivity index (χ0n) is 11.9. The third kappa shape index (κ3) is 6.64. The maximum Gasteiger partial charge on any atom is 0.573 e. The molecule has 0 radical (unpaired) electrons. The molecule has 23 heavy (non-hydrogen) atoms. The molecule has 0 aliphatic rings. The number of hydrogen-bond donors (Lipinski definition) is 1. The minimum atomic E-state index is -4.89. The first-order chi connectivity index (χ1) is 10.6. The molecule has 6 nitrogen and oxygen atoms in total. The van der Waals surface area contributed by atoms with Crippen LogP contribution in [0.1, 0.15) is 6.42 Å². The topological polar surface area (TPSA) is 76.1 Å². The number of carboxylic acids is 1. The Morgan fingerprint density at radius 2 is 2.00 bits per heavy atom. The lowest BCUT2D eigenvalue weighted by atomic mass is 10.2. The van der Waals surface area contributed by atoms with Gasteiger partial charge in [0.25, 0.3) is 0 Å². The van der Waals surface area contributed by atoms with Crippen molar-refractivity contribution in [1.29, 1.82) is 0 Å². The van der Waals surface area contributed by atoms with E-state index in [9.17, 15) is 22.8 Å². The van der Waals surface area contributed by atoms with Gasteiger partial charge in [0.1, 0.15) is 12.3 Å². The molecule has 1 aromatic rings. The van der Waals surface area contributed by atoms with Crippen molar-refractivity contribution < 1.29 is 37.3 Å². The molecule has 10 heteroatoms. The van der Waals surface area contributed by atoms with E-state index < -0.39 is 24.1 Å². The van der Waals surface area contributed by atoms with Crippen LogP contribution in [0, 0.1) is 0 Å². The molecule has 1 aromatic carbocycles. The summed E-state index contributed by atoms with van der Waals surface area (Å²) in [6.45, 7) is -0.334. The molecule has 0 saturated carbocycles. The predicted octanol–water partition coefficient (Wildman–Crippen LogP) is 2.69. The number of carbonyl (C=O) groups excluding carboxylic acids is 1. The van der Waals surface area contributed by atoms with Gasteiger partial charge in [-0.2, -0.15) is 0 Å². The zero-order valence-corrected chi connectivity index (χ0v) is 12.6. The lowest BCUT2D eigenvalue weighted by Gasteiger charge is -2.23. The predicted molar refractivity (Wildman–Crippen MR) is 74.6 cm³/mol. The van der Waals surface area contributed by atoms with Gasteiger partial charge in [0.05, 0.1) is 18.6 Å². The molecule has 0 bridgehead atoms. The van der Waals surface area contributed by atoms with Crippen LogP contribution in [-0.2, 0) is 14.3 Å². The summed E-state index contributed by atoms with van der Waals surface area (Å²) in [6.07, 6.45) is -5.17. The molecule has 0 amide bonds. The molecule has 0 atom stereocenters. The molecule has 1 N–H and O–H groups in total. The van der Waals surface area contributed by atoms with E-state index in [1.165, 1.54) is 11.0 Å². The van der Waals surface area contributed by atoms with Gasteiger partial charge in [0.15, 0.2) is 0 Å². The first kappa shape index (κ1) is 18.9. The average Bonchev–Trinajstić information content (AvgIpc) is 2.43. The Morgan fingerprint density at radius 3 is 2.48 bits per heavy atom. The Balaban J connectivity index is 2.98. The van der Waals surface area contributed by atoms with E-state index in [0.717, 1.165) is 19.2 Å². The number of hydrogen-bond acceptors (Lipinski definition) is 5. The number of alkyl halides is 3. The molecule has 0 fully saturated rings. The SMILES string of the molecule is COC(=O)CN(CCC(=O)O)c1ccc(OC(F)(F)F)c(Cl)c1. The van der Waals surface area contributed by atoms with E-state index in [-0.39, 0.29) is 30.2 Å². The van der Waals surface area contributed by atoms with Crippen LogP contribution in [0.2, 0.25) is 5.02 Å². The fourth-order valence-electron chi connectivity index (χ4n) is 1.64. The van der Waals surface area contributed by atoms with Crippen LogP contribution < -0.4 is 9.64 Å². The smallest absolute Gasteiger partial charge is 0.481 e. The number of aliphatic carboxylic acids is 1. The lowest BCUT2D eigenvalue weighted by Crippen LogP contribution is -2.32. The fraction of sp³-hybridized carbons (Fsp3) is 0.385. The van der Waals surface area contributed by atoms with Crippen molar-refractivity contribution in [3.63, 3.8) is 0 Å². The molecule has 0 saturated heterocycles. The fourth-order valence-corrected chi connectivity index (χ4v) is 1.86. The van der Waals surface area contributed by atoms with E-state index in [1.807, 2.05) is 0 Å². The van der Waals surface area contributed by atoms with Crippen LogP contribution in [-0.4, -0.2) is 43.6 Å². The van der Waals surface area contributed by atoms with Gasteiger partial charge in [-0.1, -0.05) is 11.6 Å². The molecular formula is C13H13ClF3NO5. The van der Waals surface area contributed by atoms with E-state index >= 15 is 0 Å². The van der Waals surface area contributed by atoms with Crippen molar-refractivity contribution >= 4 is 29.2 Å². The maximum absolute atomic E-state index is 12.2. The van der Waals surface area contributed by atoms with Crippen LogP contribution in [0.5, 0.6) is 5.75 Å². The van der Waals surface area contributed by atoms with E-state index in [1.54, 1.807) is 0 Å². The number of halogens is 4. The van der Waals surface area contributed by atoms with Gasteiger partial charge in [0, 0.05) is 12.2 Å². The second-order valence-electron chi connectivity index (χ2n) is 4.30. The third-order valence-corrected chi connectivity index (χ3v) is 2.94. The number of anilines is 1. The first-order valence-electron chi connectivity index (χ1n) is 6.21. The second kappa shape index (κ2) is 7.91. The molecule has 0 aliphatic heterocycles. The molecule has 0 unspecified atom stereocenters. The second-order valence-corrected chi connectivity index (χ2v) is 4.71. The third-order valence-electron chi connectivity index (χ3n) is 2.65.